The van der Waals surface area contributed by atoms with Crippen molar-refractivity contribution in [1.29, 1.82) is 0 Å². The van der Waals surface area contributed by atoms with Crippen molar-refractivity contribution in [3.63, 3.8) is 0 Å². The summed E-state index contributed by atoms with van der Waals surface area (Å²) in [7, 11) is 0. The summed E-state index contributed by atoms with van der Waals surface area (Å²) >= 11 is 0. The molecule has 0 aromatic carbocycles. The summed E-state index contributed by atoms with van der Waals surface area (Å²) in [6, 6.07) is 6.89. The number of nitrogens with zero attached hydrogens (tertiary/aromatic N) is 7. The molecule has 1 N–H and O–H groups in total. The first-order chi connectivity index (χ1) is 18.7. The molecule has 4 aromatic heterocycles. The number of hydrogen-bond acceptors (Lipinski definition) is 7. The van der Waals surface area contributed by atoms with Crippen LogP contribution in [0.15, 0.2) is 49.1 Å². The van der Waals surface area contributed by atoms with Crippen molar-refractivity contribution in [2.45, 2.75) is 44.6 Å². The lowest BCUT2D eigenvalue weighted by Crippen LogP contribution is -2.62. The van der Waals surface area contributed by atoms with Crippen molar-refractivity contribution in [3.8, 4) is 11.3 Å². The van der Waals surface area contributed by atoms with Crippen LogP contribution in [0.25, 0.3) is 16.8 Å². The number of anilines is 3. The molecule has 0 bridgehead atoms. The van der Waals surface area contributed by atoms with Crippen LogP contribution in [0.2, 0.25) is 0 Å². The normalized spacial score (nSPS) is 19.5. The minimum absolute atomic E-state index is 0.119. The largest absolute Gasteiger partial charge is 0.311 e. The SMILES string of the molecule is CC(C)c1cnn2ccc(-c3nc(Nc4ccc(N5CCC(N6CC(F)(F)C6)CC5=O)cn4)ncc3F)cc12. The van der Waals surface area contributed by atoms with Crippen LogP contribution in [0.4, 0.5) is 30.6 Å². The molecule has 9 nitrogen and oxygen atoms in total. The van der Waals surface area contributed by atoms with E-state index < -0.39 is 11.7 Å². The predicted octanol–water partition coefficient (Wildman–Crippen LogP) is 4.64. The van der Waals surface area contributed by atoms with E-state index in [0.29, 0.717) is 30.0 Å². The highest BCUT2D eigenvalue weighted by Crippen LogP contribution is 2.33. The standard InChI is InChI=1S/C27H27F3N8O/c1-16(2)20-12-33-38-8-5-17(9-22(20)38)25-21(28)13-32-26(35-25)34-23-4-3-19(11-31-23)37-7-6-18(10-24(37)39)36-14-27(29,30)15-36/h3-5,8-9,11-13,16,18H,6-7,10,14-15H2,1-2H3,(H,31,32,34,35). The van der Waals surface area contributed by atoms with E-state index in [0.717, 1.165) is 17.3 Å². The van der Waals surface area contributed by atoms with E-state index in [-0.39, 0.29) is 49.0 Å². The number of fused-ring (bicyclic) bond motifs is 1. The molecular weight excluding hydrogens is 509 g/mol. The number of halogens is 3. The molecule has 2 fully saturated rings. The van der Waals surface area contributed by atoms with E-state index in [4.69, 9.17) is 0 Å². The molecule has 2 aliphatic heterocycles. The van der Waals surface area contributed by atoms with Gasteiger partial charge in [-0.25, -0.2) is 32.6 Å². The van der Waals surface area contributed by atoms with Crippen molar-refractivity contribution in [2.24, 2.45) is 0 Å². The fourth-order valence-electron chi connectivity index (χ4n) is 5.16. The van der Waals surface area contributed by atoms with Gasteiger partial charge >= 0.3 is 0 Å². The van der Waals surface area contributed by atoms with Gasteiger partial charge in [-0.3, -0.25) is 9.69 Å². The molecule has 2 saturated heterocycles. The molecule has 0 aliphatic carbocycles. The maximum atomic E-state index is 14.7. The molecule has 4 aromatic rings. The van der Waals surface area contributed by atoms with E-state index in [9.17, 15) is 18.0 Å². The van der Waals surface area contributed by atoms with Crippen LogP contribution in [-0.4, -0.2) is 67.0 Å². The zero-order valence-electron chi connectivity index (χ0n) is 21.5. The summed E-state index contributed by atoms with van der Waals surface area (Å²) in [5.41, 5.74) is 3.30. The number of amides is 1. The van der Waals surface area contributed by atoms with Crippen LogP contribution in [0.3, 0.4) is 0 Å². The zero-order chi connectivity index (χ0) is 27.3. The Hall–Kier alpha value is -4.06. The van der Waals surface area contributed by atoms with Gasteiger partial charge in [-0.2, -0.15) is 5.10 Å². The first-order valence-corrected chi connectivity index (χ1v) is 12.8. The number of carbonyl (C=O) groups excluding carboxylic acids is 1. The van der Waals surface area contributed by atoms with Gasteiger partial charge in [0.05, 0.1) is 42.9 Å². The molecular formula is C27H27F3N8O. The molecule has 6 rings (SSSR count). The summed E-state index contributed by atoms with van der Waals surface area (Å²) in [4.78, 5) is 28.8. The van der Waals surface area contributed by atoms with Crippen LogP contribution >= 0.6 is 0 Å². The van der Waals surface area contributed by atoms with E-state index in [1.54, 1.807) is 44.9 Å². The zero-order valence-corrected chi connectivity index (χ0v) is 21.5. The number of likely N-dealkylation sites (tertiary alicyclic amines) is 1. The summed E-state index contributed by atoms with van der Waals surface area (Å²) < 4.78 is 42.9. The second-order valence-electron chi connectivity index (χ2n) is 10.4. The number of rotatable bonds is 6. The molecule has 0 radical (unpaired) electrons. The van der Waals surface area contributed by atoms with Crippen molar-refractivity contribution >= 4 is 28.9 Å². The maximum Gasteiger partial charge on any atom is 0.272 e. The fraction of sp³-hybridized carbons (Fsp3) is 0.370. The predicted molar refractivity (Wildman–Crippen MR) is 140 cm³/mol. The summed E-state index contributed by atoms with van der Waals surface area (Å²) in [5, 5.41) is 7.35. The van der Waals surface area contributed by atoms with Gasteiger partial charge in [-0.15, -0.1) is 0 Å². The Balaban J connectivity index is 1.15. The quantitative estimate of drug-likeness (QED) is 0.384. The average Bonchev–Trinajstić information content (AvgIpc) is 3.33. The van der Waals surface area contributed by atoms with Gasteiger partial charge < -0.3 is 10.2 Å². The summed E-state index contributed by atoms with van der Waals surface area (Å²) in [5.74, 6) is -2.46. The summed E-state index contributed by atoms with van der Waals surface area (Å²) in [6.45, 7) is 4.02. The number of piperidine rings is 1. The average molecular weight is 537 g/mol. The van der Waals surface area contributed by atoms with E-state index in [1.807, 2.05) is 12.3 Å². The van der Waals surface area contributed by atoms with Gasteiger partial charge in [0.2, 0.25) is 11.9 Å². The molecule has 1 amide bonds. The van der Waals surface area contributed by atoms with Crippen molar-refractivity contribution in [3.05, 3.63) is 60.4 Å². The monoisotopic (exact) mass is 536 g/mol. The van der Waals surface area contributed by atoms with Crippen molar-refractivity contribution in [1.82, 2.24) is 29.5 Å². The Morgan fingerprint density at radius 2 is 1.92 bits per heavy atom. The van der Waals surface area contributed by atoms with Gasteiger partial charge in [0.1, 0.15) is 11.5 Å². The minimum atomic E-state index is -2.65. The second-order valence-corrected chi connectivity index (χ2v) is 10.4. The Morgan fingerprint density at radius 1 is 1.10 bits per heavy atom. The number of nitrogens with one attached hydrogen (secondary N) is 1. The smallest absolute Gasteiger partial charge is 0.272 e. The van der Waals surface area contributed by atoms with E-state index in [2.05, 4.69) is 39.2 Å². The highest BCUT2D eigenvalue weighted by atomic mass is 19.3. The van der Waals surface area contributed by atoms with E-state index >= 15 is 0 Å². The Bertz CT molecular complexity index is 1530. The molecule has 6 heterocycles. The Labute approximate surface area is 222 Å². The first-order valence-electron chi connectivity index (χ1n) is 12.8. The van der Waals surface area contributed by atoms with Crippen LogP contribution in [0, 0.1) is 5.82 Å². The van der Waals surface area contributed by atoms with Crippen LogP contribution in [0.1, 0.15) is 38.2 Å². The highest BCUT2D eigenvalue weighted by molar-refractivity contribution is 5.94. The minimum Gasteiger partial charge on any atom is -0.311 e. The third-order valence-electron chi connectivity index (χ3n) is 7.27. The van der Waals surface area contributed by atoms with Crippen LogP contribution < -0.4 is 10.2 Å². The van der Waals surface area contributed by atoms with Gasteiger partial charge in [-0.1, -0.05) is 13.8 Å². The number of aromatic nitrogens is 5. The molecule has 1 unspecified atom stereocenters. The second kappa shape index (κ2) is 9.60. The molecule has 202 valence electrons. The van der Waals surface area contributed by atoms with Gasteiger partial charge in [0, 0.05) is 36.3 Å². The van der Waals surface area contributed by atoms with Crippen molar-refractivity contribution < 1.29 is 18.0 Å². The van der Waals surface area contributed by atoms with Gasteiger partial charge in [0.15, 0.2) is 5.82 Å². The van der Waals surface area contributed by atoms with Gasteiger partial charge in [-0.05, 0) is 36.6 Å². The lowest BCUT2D eigenvalue weighted by Gasteiger charge is -2.46. The molecule has 39 heavy (non-hydrogen) atoms. The van der Waals surface area contributed by atoms with Crippen LogP contribution in [0.5, 0.6) is 0 Å². The number of hydrogen-bond donors (Lipinski definition) is 1. The number of carbonyl (C=O) groups is 1. The summed E-state index contributed by atoms with van der Waals surface area (Å²) in [6.07, 6.45) is 7.08. The highest BCUT2D eigenvalue weighted by Gasteiger charge is 2.47. The number of pyridine rings is 2. The topological polar surface area (TPSA) is 91.6 Å². The van der Waals surface area contributed by atoms with Crippen molar-refractivity contribution in [2.75, 3.05) is 29.9 Å². The first kappa shape index (κ1) is 25.2. The van der Waals surface area contributed by atoms with E-state index in [1.165, 1.54) is 0 Å². The van der Waals surface area contributed by atoms with Gasteiger partial charge in [0.25, 0.3) is 5.92 Å². The Morgan fingerprint density at radius 3 is 2.62 bits per heavy atom. The third-order valence-corrected chi connectivity index (χ3v) is 7.27. The third kappa shape index (κ3) is 4.91. The van der Waals surface area contributed by atoms with Crippen LogP contribution in [-0.2, 0) is 4.79 Å². The molecule has 0 spiro atoms. The Kier molecular flexibility index (Phi) is 6.21. The molecule has 2 aliphatic rings. The molecule has 1 atom stereocenters. The lowest BCUT2D eigenvalue weighted by molar-refractivity contribution is -0.153. The fourth-order valence-corrected chi connectivity index (χ4v) is 5.16. The maximum absolute atomic E-state index is 14.7. The lowest BCUT2D eigenvalue weighted by atomic mass is 9.97. The molecule has 12 heteroatoms. The number of alkyl halides is 2. The molecule has 0 saturated carbocycles.